The zero-order valence-electron chi connectivity index (χ0n) is 19.0. The first-order valence-corrected chi connectivity index (χ1v) is 11.4. The molecule has 0 saturated carbocycles. The van der Waals surface area contributed by atoms with E-state index in [1.54, 1.807) is 0 Å². The van der Waals surface area contributed by atoms with Gasteiger partial charge in [0.15, 0.2) is 5.60 Å². The predicted octanol–water partition coefficient (Wildman–Crippen LogP) is 6.12. The number of nitrogens with one attached hydrogen (secondary N) is 1. The maximum Gasteiger partial charge on any atom is 0.417 e. The average molecular weight is 526 g/mol. The minimum atomic E-state index is -4.75. The van der Waals surface area contributed by atoms with Gasteiger partial charge in [-0.25, -0.2) is 4.79 Å². The van der Waals surface area contributed by atoms with E-state index in [2.05, 4.69) is 10.3 Å². The van der Waals surface area contributed by atoms with Crippen LogP contribution < -0.4 is 14.8 Å². The zero-order valence-corrected chi connectivity index (χ0v) is 19.0. The van der Waals surface area contributed by atoms with Gasteiger partial charge in [0.25, 0.3) is 5.95 Å². The number of fused-ring (bicyclic) bond motifs is 2. The van der Waals surface area contributed by atoms with Crippen molar-refractivity contribution in [2.24, 2.45) is 0 Å². The van der Waals surface area contributed by atoms with E-state index in [1.165, 1.54) is 24.5 Å². The lowest BCUT2D eigenvalue weighted by atomic mass is 9.83. The minimum Gasteiger partial charge on any atom is -0.480 e. The zero-order chi connectivity index (χ0) is 26.4. The summed E-state index contributed by atoms with van der Waals surface area (Å²) in [4.78, 5) is 17.0. The van der Waals surface area contributed by atoms with Gasteiger partial charge in [-0.3, -0.25) is 4.98 Å². The minimum absolute atomic E-state index is 0.0455. The molecular weight excluding hydrogens is 506 g/mol. The number of hydrogen-bond acceptors (Lipinski definition) is 6. The smallest absolute Gasteiger partial charge is 0.417 e. The van der Waals surface area contributed by atoms with E-state index < -0.39 is 40.6 Å². The molecule has 0 amide bonds. The molecule has 12 heteroatoms. The van der Waals surface area contributed by atoms with Gasteiger partial charge in [0.1, 0.15) is 11.3 Å². The number of furan rings is 1. The van der Waals surface area contributed by atoms with Crippen LogP contribution in [0.15, 0.2) is 59.3 Å². The third-order valence-electron chi connectivity index (χ3n) is 6.57. The molecule has 0 radical (unpaired) electrons. The van der Waals surface area contributed by atoms with Crippen LogP contribution in [0.1, 0.15) is 52.9 Å². The maximum atomic E-state index is 13.5. The van der Waals surface area contributed by atoms with Crippen LogP contribution in [-0.4, -0.2) is 23.0 Å². The number of esters is 1. The van der Waals surface area contributed by atoms with Gasteiger partial charge in [-0.2, -0.15) is 26.3 Å². The Labute approximate surface area is 206 Å². The molecule has 1 N–H and O–H groups in total. The van der Waals surface area contributed by atoms with E-state index in [9.17, 15) is 31.1 Å². The molecule has 0 aliphatic carbocycles. The number of hydrogen-bond donors (Lipinski definition) is 1. The third kappa shape index (κ3) is 5.15. The number of piperidine rings is 1. The fourth-order valence-electron chi connectivity index (χ4n) is 4.91. The number of carbonyl (C=O) groups is 1. The maximum absolute atomic E-state index is 13.5. The number of pyridine rings is 1. The Hall–Kier alpha value is -3.54. The monoisotopic (exact) mass is 526 g/mol. The van der Waals surface area contributed by atoms with Gasteiger partial charge in [-0.1, -0.05) is 0 Å². The van der Waals surface area contributed by atoms with E-state index in [1.807, 2.05) is 0 Å². The van der Waals surface area contributed by atoms with Gasteiger partial charge in [-0.15, -0.1) is 0 Å². The molecule has 4 heterocycles. The Morgan fingerprint density at radius 3 is 2.22 bits per heavy atom. The summed E-state index contributed by atoms with van der Waals surface area (Å²) in [6.07, 6.45) is -5.27. The van der Waals surface area contributed by atoms with Crippen molar-refractivity contribution < 1.29 is 45.0 Å². The molecule has 196 valence electrons. The van der Waals surface area contributed by atoms with Gasteiger partial charge >= 0.3 is 18.3 Å². The molecule has 2 atom stereocenters. The number of nitrogens with zero attached hydrogens (tertiary/aromatic N) is 1. The highest BCUT2D eigenvalue weighted by atomic mass is 19.4. The topological polar surface area (TPSA) is 73.6 Å². The highest BCUT2D eigenvalue weighted by Gasteiger charge is 2.48. The van der Waals surface area contributed by atoms with Crippen LogP contribution >= 0.6 is 0 Å². The number of ether oxygens (including phenoxy) is 2. The van der Waals surface area contributed by atoms with Crippen molar-refractivity contribution in [2.75, 3.05) is 0 Å². The lowest BCUT2D eigenvalue weighted by molar-refractivity contribution is -0.138. The van der Waals surface area contributed by atoms with Crippen LogP contribution in [0.5, 0.6) is 11.7 Å². The second-order valence-electron chi connectivity index (χ2n) is 9.10. The largest absolute Gasteiger partial charge is 0.480 e. The fourth-order valence-corrected chi connectivity index (χ4v) is 4.91. The molecule has 2 unspecified atom stereocenters. The van der Waals surface area contributed by atoms with E-state index in [0.29, 0.717) is 12.3 Å². The van der Waals surface area contributed by atoms with Gasteiger partial charge in [-0.05, 0) is 49.2 Å². The van der Waals surface area contributed by atoms with Crippen LogP contribution in [-0.2, 0) is 18.0 Å². The lowest BCUT2D eigenvalue weighted by Gasteiger charge is -2.41. The van der Waals surface area contributed by atoms with Crippen molar-refractivity contribution in [1.29, 1.82) is 0 Å². The Bertz CT molecular complexity index is 1260. The molecule has 2 bridgehead atoms. The number of alkyl halides is 6. The van der Waals surface area contributed by atoms with Crippen LogP contribution in [0.4, 0.5) is 26.3 Å². The third-order valence-corrected chi connectivity index (χ3v) is 6.57. The second-order valence-corrected chi connectivity index (χ2v) is 9.10. The number of benzene rings is 1. The SMILES string of the molecule is O=C(Oc1ccco1)c1cc(C(F)(F)F)ccc1OC1(c2ccc(C(F)(F)F)cn2)CC2CCC(C1)N2. The Morgan fingerprint density at radius 2 is 1.65 bits per heavy atom. The molecule has 2 fully saturated rings. The first-order chi connectivity index (χ1) is 17.4. The highest BCUT2D eigenvalue weighted by molar-refractivity contribution is 5.94. The van der Waals surface area contributed by atoms with Crippen molar-refractivity contribution in [1.82, 2.24) is 10.3 Å². The lowest BCUT2D eigenvalue weighted by Crippen LogP contribution is -2.50. The molecule has 3 aromatic rings. The summed E-state index contributed by atoms with van der Waals surface area (Å²) in [7, 11) is 0. The number of halogens is 6. The van der Waals surface area contributed by atoms with E-state index in [0.717, 1.165) is 31.0 Å². The summed E-state index contributed by atoms with van der Waals surface area (Å²) < 4.78 is 96.1. The predicted molar refractivity (Wildman–Crippen MR) is 116 cm³/mol. The van der Waals surface area contributed by atoms with Gasteiger partial charge in [0.2, 0.25) is 0 Å². The van der Waals surface area contributed by atoms with Crippen molar-refractivity contribution in [3.8, 4) is 11.7 Å². The van der Waals surface area contributed by atoms with Gasteiger partial charge < -0.3 is 19.2 Å². The Kier molecular flexibility index (Phi) is 6.17. The summed E-state index contributed by atoms with van der Waals surface area (Å²) in [5, 5.41) is 3.39. The molecule has 2 saturated heterocycles. The Morgan fingerprint density at radius 1 is 0.973 bits per heavy atom. The first kappa shape index (κ1) is 25.1. The van der Waals surface area contributed by atoms with Crippen LogP contribution in [0.25, 0.3) is 0 Å². The van der Waals surface area contributed by atoms with Crippen molar-refractivity contribution in [2.45, 2.75) is 55.7 Å². The highest BCUT2D eigenvalue weighted by Crippen LogP contribution is 2.45. The fraction of sp³-hybridized carbons (Fsp3) is 0.360. The Balaban J connectivity index is 1.56. The van der Waals surface area contributed by atoms with Crippen molar-refractivity contribution >= 4 is 5.97 Å². The number of carbonyl (C=O) groups excluding carboxylic acids is 1. The molecule has 6 nitrogen and oxygen atoms in total. The molecule has 0 spiro atoms. The first-order valence-electron chi connectivity index (χ1n) is 11.4. The van der Waals surface area contributed by atoms with Crippen molar-refractivity contribution in [3.63, 3.8) is 0 Å². The summed E-state index contributed by atoms with van der Waals surface area (Å²) in [5.41, 5.74) is -3.66. The molecule has 37 heavy (non-hydrogen) atoms. The van der Waals surface area contributed by atoms with Gasteiger partial charge in [0.05, 0.1) is 23.1 Å². The second kappa shape index (κ2) is 9.09. The van der Waals surface area contributed by atoms with E-state index in [-0.39, 0.29) is 42.3 Å². The quantitative estimate of drug-likeness (QED) is 0.319. The standard InChI is InChI=1S/C25H20F6N2O4/c26-24(27,28)14-3-7-19(18(10-14)22(34)36-21-2-1-9-35-21)37-23(11-16-5-6-17(12-23)33-16)20-8-4-15(13-32-20)25(29,30)31/h1-4,7-10,13,16-17,33H,5-6,11-12H2. The number of rotatable bonds is 5. The van der Waals surface area contributed by atoms with E-state index in [4.69, 9.17) is 13.9 Å². The van der Waals surface area contributed by atoms with Crippen LogP contribution in [0, 0.1) is 0 Å². The molecule has 2 aromatic heterocycles. The summed E-state index contributed by atoms with van der Waals surface area (Å²) in [6.45, 7) is 0. The van der Waals surface area contributed by atoms with E-state index >= 15 is 0 Å². The normalized spacial score (nSPS) is 23.6. The summed E-state index contributed by atoms with van der Waals surface area (Å²) >= 11 is 0. The van der Waals surface area contributed by atoms with Gasteiger partial charge in [0, 0.05) is 37.2 Å². The number of aromatic nitrogens is 1. The molecule has 2 aliphatic rings. The molecule has 5 rings (SSSR count). The molecular formula is C25H20F6N2O4. The van der Waals surface area contributed by atoms with Crippen molar-refractivity contribution in [3.05, 3.63) is 77.3 Å². The molecule has 1 aromatic carbocycles. The van der Waals surface area contributed by atoms with Crippen LogP contribution in [0.3, 0.4) is 0 Å². The molecule has 2 aliphatic heterocycles. The van der Waals surface area contributed by atoms with Crippen LogP contribution in [0.2, 0.25) is 0 Å². The summed E-state index contributed by atoms with van der Waals surface area (Å²) in [6, 6.07) is 7.14. The summed E-state index contributed by atoms with van der Waals surface area (Å²) in [5.74, 6) is -1.59. The average Bonchev–Trinajstić information content (AvgIpc) is 3.47.